The van der Waals surface area contributed by atoms with E-state index in [1.165, 1.54) is 10.4 Å². The van der Waals surface area contributed by atoms with Crippen molar-refractivity contribution in [1.29, 1.82) is 5.26 Å². The van der Waals surface area contributed by atoms with Crippen molar-refractivity contribution in [2.75, 3.05) is 44.8 Å². The summed E-state index contributed by atoms with van der Waals surface area (Å²) >= 11 is 3.39. The zero-order valence-corrected chi connectivity index (χ0v) is 16.9. The van der Waals surface area contributed by atoms with Crippen molar-refractivity contribution in [1.82, 2.24) is 14.9 Å². The van der Waals surface area contributed by atoms with Gasteiger partial charge in [0.15, 0.2) is 0 Å². The van der Waals surface area contributed by atoms with Crippen LogP contribution in [-0.2, 0) is 11.3 Å². The van der Waals surface area contributed by atoms with E-state index in [9.17, 15) is 0 Å². The Morgan fingerprint density at radius 1 is 1.30 bits per heavy atom. The van der Waals surface area contributed by atoms with Gasteiger partial charge in [-0.15, -0.1) is 22.7 Å². The van der Waals surface area contributed by atoms with Gasteiger partial charge in [0.05, 0.1) is 37.6 Å². The van der Waals surface area contributed by atoms with E-state index in [0.717, 1.165) is 54.7 Å². The van der Waals surface area contributed by atoms with Crippen molar-refractivity contribution in [3.63, 3.8) is 0 Å². The van der Waals surface area contributed by atoms with Gasteiger partial charge in [-0.3, -0.25) is 4.90 Å². The first kappa shape index (κ1) is 18.3. The number of nitriles is 1. The second-order valence-corrected chi connectivity index (χ2v) is 8.29. The molecule has 6 nitrogen and oxygen atoms in total. The Bertz CT molecular complexity index is 941. The summed E-state index contributed by atoms with van der Waals surface area (Å²) in [4.78, 5) is 16.4. The Labute approximate surface area is 166 Å². The molecule has 3 aromatic heterocycles. The number of anilines is 1. The molecule has 4 rings (SSSR count). The van der Waals surface area contributed by atoms with E-state index in [1.807, 2.05) is 7.05 Å². The van der Waals surface area contributed by atoms with Gasteiger partial charge in [0.2, 0.25) is 0 Å². The van der Waals surface area contributed by atoms with E-state index >= 15 is 0 Å². The highest BCUT2D eigenvalue weighted by Crippen LogP contribution is 2.39. The lowest BCUT2D eigenvalue weighted by Crippen LogP contribution is -2.36. The highest BCUT2D eigenvalue weighted by Gasteiger charge is 2.20. The number of aromatic nitrogens is 2. The van der Waals surface area contributed by atoms with Crippen LogP contribution in [0.1, 0.15) is 12.2 Å². The van der Waals surface area contributed by atoms with Crippen LogP contribution in [0.3, 0.4) is 0 Å². The van der Waals surface area contributed by atoms with Crippen LogP contribution in [0.5, 0.6) is 0 Å². The monoisotopic (exact) mass is 399 g/mol. The van der Waals surface area contributed by atoms with Gasteiger partial charge in [-0.2, -0.15) is 5.26 Å². The molecule has 0 radical (unpaired) electrons. The predicted molar refractivity (Wildman–Crippen MR) is 110 cm³/mol. The van der Waals surface area contributed by atoms with Crippen molar-refractivity contribution in [3.8, 4) is 16.5 Å². The molecule has 1 saturated heterocycles. The van der Waals surface area contributed by atoms with Crippen LogP contribution in [0, 0.1) is 11.3 Å². The second-order valence-electron chi connectivity index (χ2n) is 6.49. The number of nitrogens with zero attached hydrogens (tertiary/aromatic N) is 5. The summed E-state index contributed by atoms with van der Waals surface area (Å²) in [5, 5.41) is 14.3. The van der Waals surface area contributed by atoms with Gasteiger partial charge in [-0.05, 0) is 11.4 Å². The average molecular weight is 400 g/mol. The first-order valence-corrected chi connectivity index (χ1v) is 10.7. The third-order valence-corrected chi connectivity index (χ3v) is 6.41. The largest absolute Gasteiger partial charge is 0.379 e. The van der Waals surface area contributed by atoms with Gasteiger partial charge in [-0.1, -0.05) is 6.07 Å². The van der Waals surface area contributed by atoms with Gasteiger partial charge in [0, 0.05) is 42.5 Å². The molecule has 0 N–H and O–H groups in total. The lowest BCUT2D eigenvalue weighted by molar-refractivity contribution is 0.0331. The Hall–Kier alpha value is -2.05. The molecule has 140 valence electrons. The summed E-state index contributed by atoms with van der Waals surface area (Å²) in [5.74, 6) is 1.76. The number of hydrogen-bond acceptors (Lipinski definition) is 8. The molecular weight excluding hydrogens is 378 g/mol. The van der Waals surface area contributed by atoms with Gasteiger partial charge in [0.1, 0.15) is 16.5 Å². The van der Waals surface area contributed by atoms with Crippen LogP contribution in [0.2, 0.25) is 0 Å². The maximum Gasteiger partial charge on any atom is 0.146 e. The van der Waals surface area contributed by atoms with E-state index in [4.69, 9.17) is 20.0 Å². The summed E-state index contributed by atoms with van der Waals surface area (Å²) in [5.41, 5.74) is 1.18. The zero-order valence-electron chi connectivity index (χ0n) is 15.2. The first-order valence-electron chi connectivity index (χ1n) is 8.96. The van der Waals surface area contributed by atoms with Crippen molar-refractivity contribution in [3.05, 3.63) is 28.7 Å². The minimum absolute atomic E-state index is 0.471. The van der Waals surface area contributed by atoms with Crippen molar-refractivity contribution < 1.29 is 4.74 Å². The Morgan fingerprint density at radius 3 is 2.89 bits per heavy atom. The molecule has 0 atom stereocenters. The molecule has 4 heterocycles. The molecule has 0 saturated carbocycles. The van der Waals surface area contributed by atoms with E-state index in [2.05, 4.69) is 38.8 Å². The van der Waals surface area contributed by atoms with Crippen molar-refractivity contribution in [2.45, 2.75) is 13.0 Å². The van der Waals surface area contributed by atoms with E-state index in [0.29, 0.717) is 13.0 Å². The maximum atomic E-state index is 8.99. The number of morpholine rings is 1. The maximum absolute atomic E-state index is 8.99. The third kappa shape index (κ3) is 3.96. The number of fused-ring (bicyclic) bond motifs is 1. The Kier molecular flexibility index (Phi) is 5.64. The molecule has 0 amide bonds. The SMILES string of the molecule is CN(CCC#N)c1nc(CN2CCOCC2)nc2scc(-c3cccs3)c12. The quantitative estimate of drug-likeness (QED) is 0.631. The van der Waals surface area contributed by atoms with E-state index in [1.54, 1.807) is 22.7 Å². The Balaban J connectivity index is 1.75. The van der Waals surface area contributed by atoms with Gasteiger partial charge in [-0.25, -0.2) is 9.97 Å². The molecule has 0 unspecified atom stereocenters. The molecule has 0 aromatic carbocycles. The molecule has 1 fully saturated rings. The molecule has 1 aliphatic heterocycles. The fourth-order valence-electron chi connectivity index (χ4n) is 3.21. The topological polar surface area (TPSA) is 65.3 Å². The predicted octanol–water partition coefficient (Wildman–Crippen LogP) is 3.60. The molecule has 1 aliphatic rings. The molecule has 27 heavy (non-hydrogen) atoms. The Morgan fingerprint density at radius 2 is 2.15 bits per heavy atom. The average Bonchev–Trinajstić information content (AvgIpc) is 3.35. The molecule has 0 bridgehead atoms. The number of hydrogen-bond donors (Lipinski definition) is 0. The first-order chi connectivity index (χ1) is 13.3. The van der Waals surface area contributed by atoms with Gasteiger partial charge < -0.3 is 9.64 Å². The summed E-state index contributed by atoms with van der Waals surface area (Å²) < 4.78 is 5.44. The fourth-order valence-corrected chi connectivity index (χ4v) is 4.98. The van der Waals surface area contributed by atoms with E-state index in [-0.39, 0.29) is 0 Å². The molecular formula is C19H21N5OS2. The number of thiophene rings is 2. The van der Waals surface area contributed by atoms with Crippen LogP contribution in [-0.4, -0.2) is 54.8 Å². The number of rotatable bonds is 6. The smallest absolute Gasteiger partial charge is 0.146 e. The summed E-state index contributed by atoms with van der Waals surface area (Å²) in [7, 11) is 2.01. The van der Waals surface area contributed by atoms with Crippen LogP contribution in [0.25, 0.3) is 20.7 Å². The molecule has 8 heteroatoms. The molecule has 0 spiro atoms. The summed E-state index contributed by atoms with van der Waals surface area (Å²) in [6.45, 7) is 4.72. The normalized spacial score (nSPS) is 15.1. The van der Waals surface area contributed by atoms with Crippen molar-refractivity contribution in [2.24, 2.45) is 0 Å². The molecule has 0 aliphatic carbocycles. The zero-order chi connectivity index (χ0) is 18.6. The van der Waals surface area contributed by atoms with Crippen molar-refractivity contribution >= 4 is 38.7 Å². The lowest BCUT2D eigenvalue weighted by atomic mass is 10.2. The highest BCUT2D eigenvalue weighted by molar-refractivity contribution is 7.18. The van der Waals surface area contributed by atoms with E-state index < -0.39 is 0 Å². The highest BCUT2D eigenvalue weighted by atomic mass is 32.1. The molecule has 3 aromatic rings. The minimum atomic E-state index is 0.471. The lowest BCUT2D eigenvalue weighted by Gasteiger charge is -2.26. The number of ether oxygens (including phenoxy) is 1. The van der Waals surface area contributed by atoms with Crippen LogP contribution < -0.4 is 4.90 Å². The standard InChI is InChI=1S/C19H21N5OS2/c1-23(6-3-5-20)18-17-14(15-4-2-11-26-15)13-27-19(17)22-16(21-18)12-24-7-9-25-10-8-24/h2,4,11,13H,3,6-10,12H2,1H3. The third-order valence-electron chi connectivity index (χ3n) is 4.64. The van der Waals surface area contributed by atoms with Crippen LogP contribution >= 0.6 is 22.7 Å². The van der Waals surface area contributed by atoms with Gasteiger partial charge in [0.25, 0.3) is 0 Å². The fraction of sp³-hybridized carbons (Fsp3) is 0.421. The summed E-state index contributed by atoms with van der Waals surface area (Å²) in [6.07, 6.45) is 0.471. The second kappa shape index (κ2) is 8.31. The summed E-state index contributed by atoms with van der Waals surface area (Å²) in [6, 6.07) is 6.43. The minimum Gasteiger partial charge on any atom is -0.379 e. The van der Waals surface area contributed by atoms with Crippen LogP contribution in [0.15, 0.2) is 22.9 Å². The van der Waals surface area contributed by atoms with Crippen LogP contribution in [0.4, 0.5) is 5.82 Å². The van der Waals surface area contributed by atoms with Gasteiger partial charge >= 0.3 is 0 Å².